The zero-order valence-electron chi connectivity index (χ0n) is 19.8. The molecule has 0 unspecified atom stereocenters. The highest BCUT2D eigenvalue weighted by Gasteiger charge is 2.31. The first kappa shape index (κ1) is 22.4. The number of hydrogen-bond donors (Lipinski definition) is 1. The summed E-state index contributed by atoms with van der Waals surface area (Å²) in [6.45, 7) is 5.62. The van der Waals surface area contributed by atoms with Gasteiger partial charge in [0.2, 0.25) is 11.8 Å². The van der Waals surface area contributed by atoms with Crippen molar-refractivity contribution in [3.63, 3.8) is 0 Å². The van der Waals surface area contributed by atoms with Crippen LogP contribution >= 0.6 is 0 Å². The molecule has 4 aromatic rings. The van der Waals surface area contributed by atoms with Crippen molar-refractivity contribution in [2.45, 2.75) is 6.54 Å². The zero-order valence-corrected chi connectivity index (χ0v) is 19.8. The van der Waals surface area contributed by atoms with Gasteiger partial charge in [-0.15, -0.1) is 5.10 Å². The molecule has 2 amide bonds. The first-order valence-electron chi connectivity index (χ1n) is 12.1. The maximum atomic E-state index is 12.9. The number of anilines is 1. The number of carbonyl (C=O) groups is 2. The number of para-hydroxylation sites is 2. The second-order valence-electron chi connectivity index (χ2n) is 9.48. The highest BCUT2D eigenvalue weighted by atomic mass is 16.2. The van der Waals surface area contributed by atoms with Crippen LogP contribution in [0.2, 0.25) is 0 Å². The standard InChI is InChI=1S/C25H27N9O2/c26-25(36)18-5-6-21-22(11-18)34(30-29-21)15-17-13-31(14-17)16-24(35)33-9-7-32(8-10-33)23-12-27-19-3-1-2-4-20(19)28-23/h1-6,11-12,17H,7-10,13-16H2,(H2,26,36). The summed E-state index contributed by atoms with van der Waals surface area (Å²) in [6.07, 6.45) is 1.81. The Morgan fingerprint density at radius 3 is 2.53 bits per heavy atom. The Labute approximate surface area is 207 Å². The Morgan fingerprint density at radius 1 is 0.972 bits per heavy atom. The molecule has 11 nitrogen and oxygen atoms in total. The van der Waals surface area contributed by atoms with Crippen LogP contribution in [-0.4, -0.2) is 92.4 Å². The largest absolute Gasteiger partial charge is 0.366 e. The quantitative estimate of drug-likeness (QED) is 0.424. The molecule has 0 aliphatic carbocycles. The Balaban J connectivity index is 0.988. The number of carbonyl (C=O) groups excluding carboxylic acids is 2. The fraction of sp³-hybridized carbons (Fsp3) is 0.360. The predicted molar refractivity (Wildman–Crippen MR) is 134 cm³/mol. The molecule has 36 heavy (non-hydrogen) atoms. The summed E-state index contributed by atoms with van der Waals surface area (Å²) in [6, 6.07) is 13.0. The van der Waals surface area contributed by atoms with Gasteiger partial charge in [-0.05, 0) is 30.3 Å². The van der Waals surface area contributed by atoms with Gasteiger partial charge in [0, 0.05) is 57.3 Å². The van der Waals surface area contributed by atoms with E-state index in [0.29, 0.717) is 37.7 Å². The lowest BCUT2D eigenvalue weighted by molar-refractivity contribution is -0.134. The SMILES string of the molecule is NC(=O)c1ccc2nnn(CC3CN(CC(=O)N4CCN(c5cnc6ccccc6n5)CC4)C3)c2c1. The number of benzene rings is 2. The number of primary amides is 1. The number of rotatable bonds is 6. The van der Waals surface area contributed by atoms with Crippen molar-refractivity contribution in [3.8, 4) is 0 Å². The molecule has 6 rings (SSSR count). The molecule has 0 bridgehead atoms. The monoisotopic (exact) mass is 485 g/mol. The minimum atomic E-state index is -0.469. The first-order valence-corrected chi connectivity index (χ1v) is 12.1. The molecule has 2 fully saturated rings. The highest BCUT2D eigenvalue weighted by molar-refractivity contribution is 5.96. The van der Waals surface area contributed by atoms with Gasteiger partial charge >= 0.3 is 0 Å². The van der Waals surface area contributed by atoms with Crippen LogP contribution in [0, 0.1) is 5.92 Å². The summed E-state index contributed by atoms with van der Waals surface area (Å²) in [7, 11) is 0. The second-order valence-corrected chi connectivity index (χ2v) is 9.48. The van der Waals surface area contributed by atoms with Gasteiger partial charge in [0.05, 0.1) is 29.3 Å². The van der Waals surface area contributed by atoms with E-state index in [-0.39, 0.29) is 5.91 Å². The lowest BCUT2D eigenvalue weighted by atomic mass is 10.00. The summed E-state index contributed by atoms with van der Waals surface area (Å²) >= 11 is 0. The number of piperazine rings is 1. The molecule has 2 saturated heterocycles. The normalized spacial score (nSPS) is 17.0. The minimum absolute atomic E-state index is 0.162. The maximum absolute atomic E-state index is 12.9. The Hall–Kier alpha value is -4.12. The minimum Gasteiger partial charge on any atom is -0.366 e. The average molecular weight is 486 g/mol. The molecule has 0 atom stereocenters. The molecular formula is C25H27N9O2. The van der Waals surface area contributed by atoms with E-state index in [4.69, 9.17) is 10.7 Å². The van der Waals surface area contributed by atoms with Crippen molar-refractivity contribution in [1.29, 1.82) is 0 Å². The van der Waals surface area contributed by atoms with E-state index in [1.807, 2.05) is 40.0 Å². The third-order valence-corrected chi connectivity index (χ3v) is 7.01. The Morgan fingerprint density at radius 2 is 1.75 bits per heavy atom. The van der Waals surface area contributed by atoms with Crippen LogP contribution in [0.5, 0.6) is 0 Å². The van der Waals surface area contributed by atoms with Crippen LogP contribution in [0.4, 0.5) is 5.82 Å². The maximum Gasteiger partial charge on any atom is 0.248 e. The lowest BCUT2D eigenvalue weighted by Gasteiger charge is -2.41. The van der Waals surface area contributed by atoms with Gasteiger partial charge in [-0.3, -0.25) is 19.5 Å². The van der Waals surface area contributed by atoms with Gasteiger partial charge in [0.1, 0.15) is 11.3 Å². The van der Waals surface area contributed by atoms with Crippen molar-refractivity contribution in [2.75, 3.05) is 50.7 Å². The van der Waals surface area contributed by atoms with E-state index < -0.39 is 5.91 Å². The number of fused-ring (bicyclic) bond motifs is 2. The van der Waals surface area contributed by atoms with E-state index in [0.717, 1.165) is 54.1 Å². The van der Waals surface area contributed by atoms with Crippen LogP contribution in [0.1, 0.15) is 10.4 Å². The molecule has 184 valence electrons. The van der Waals surface area contributed by atoms with E-state index in [1.54, 1.807) is 18.2 Å². The van der Waals surface area contributed by atoms with Crippen LogP contribution < -0.4 is 10.6 Å². The van der Waals surface area contributed by atoms with Crippen LogP contribution in [-0.2, 0) is 11.3 Å². The fourth-order valence-corrected chi connectivity index (χ4v) is 5.00. The van der Waals surface area contributed by atoms with E-state index in [2.05, 4.69) is 25.1 Å². The number of nitrogens with zero attached hydrogens (tertiary/aromatic N) is 8. The molecule has 0 spiro atoms. The Kier molecular flexibility index (Phi) is 5.68. The van der Waals surface area contributed by atoms with Crippen molar-refractivity contribution in [1.82, 2.24) is 34.8 Å². The van der Waals surface area contributed by atoms with Gasteiger partial charge in [0.15, 0.2) is 0 Å². The number of aromatic nitrogens is 5. The summed E-state index contributed by atoms with van der Waals surface area (Å²) in [5.41, 5.74) is 9.15. The molecule has 0 saturated carbocycles. The lowest BCUT2D eigenvalue weighted by Crippen LogP contribution is -2.55. The summed E-state index contributed by atoms with van der Waals surface area (Å²) in [5, 5.41) is 8.41. The molecule has 2 aromatic carbocycles. The van der Waals surface area contributed by atoms with Crippen molar-refractivity contribution in [2.24, 2.45) is 11.7 Å². The third kappa shape index (κ3) is 4.33. The Bertz CT molecular complexity index is 1440. The number of amides is 2. The van der Waals surface area contributed by atoms with Crippen molar-refractivity contribution >= 4 is 39.7 Å². The summed E-state index contributed by atoms with van der Waals surface area (Å²) in [5.74, 6) is 0.928. The summed E-state index contributed by atoms with van der Waals surface area (Å²) < 4.78 is 1.82. The second kappa shape index (κ2) is 9.15. The fourth-order valence-electron chi connectivity index (χ4n) is 5.00. The van der Waals surface area contributed by atoms with Crippen LogP contribution in [0.15, 0.2) is 48.7 Å². The average Bonchev–Trinajstić information content (AvgIpc) is 3.29. The molecule has 0 radical (unpaired) electrons. The van der Waals surface area contributed by atoms with Crippen molar-refractivity contribution < 1.29 is 9.59 Å². The van der Waals surface area contributed by atoms with E-state index >= 15 is 0 Å². The zero-order chi connectivity index (χ0) is 24.6. The summed E-state index contributed by atoms with van der Waals surface area (Å²) in [4.78, 5) is 39.9. The van der Waals surface area contributed by atoms with Crippen LogP contribution in [0.3, 0.4) is 0 Å². The van der Waals surface area contributed by atoms with Crippen LogP contribution in [0.25, 0.3) is 22.1 Å². The van der Waals surface area contributed by atoms with Crippen molar-refractivity contribution in [3.05, 3.63) is 54.2 Å². The molecule has 2 aliphatic rings. The third-order valence-electron chi connectivity index (χ3n) is 7.01. The van der Waals surface area contributed by atoms with Gasteiger partial charge in [-0.1, -0.05) is 17.3 Å². The van der Waals surface area contributed by atoms with Gasteiger partial charge in [-0.2, -0.15) is 0 Å². The molecular weight excluding hydrogens is 458 g/mol. The molecule has 2 N–H and O–H groups in total. The molecule has 2 aromatic heterocycles. The highest BCUT2D eigenvalue weighted by Crippen LogP contribution is 2.21. The number of nitrogens with two attached hydrogens (primary N) is 1. The molecule has 2 aliphatic heterocycles. The van der Waals surface area contributed by atoms with Gasteiger partial charge in [0.25, 0.3) is 0 Å². The number of hydrogen-bond acceptors (Lipinski definition) is 8. The topological polar surface area (TPSA) is 126 Å². The van der Waals surface area contributed by atoms with E-state index in [9.17, 15) is 9.59 Å². The van der Waals surface area contributed by atoms with Gasteiger partial charge in [-0.25, -0.2) is 9.67 Å². The smallest absolute Gasteiger partial charge is 0.248 e. The predicted octanol–water partition coefficient (Wildman–Crippen LogP) is 0.754. The number of likely N-dealkylation sites (tertiary alicyclic amines) is 1. The first-order chi connectivity index (χ1) is 17.5. The van der Waals surface area contributed by atoms with E-state index in [1.165, 1.54) is 0 Å². The van der Waals surface area contributed by atoms with Gasteiger partial charge < -0.3 is 15.5 Å². The molecule has 4 heterocycles. The molecule has 11 heteroatoms.